The van der Waals surface area contributed by atoms with Gasteiger partial charge in [-0.25, -0.2) is 4.98 Å². The van der Waals surface area contributed by atoms with E-state index in [-0.39, 0.29) is 23.3 Å². The van der Waals surface area contributed by atoms with Crippen LogP contribution in [0.2, 0.25) is 0 Å². The van der Waals surface area contributed by atoms with Crippen LogP contribution < -0.4 is 10.9 Å². The summed E-state index contributed by atoms with van der Waals surface area (Å²) in [6.45, 7) is 7.32. The Bertz CT molecular complexity index is 1150. The molecule has 4 rings (SSSR count). The summed E-state index contributed by atoms with van der Waals surface area (Å²) in [5.74, 6) is 0.0611. The third kappa shape index (κ3) is 4.86. The molecule has 0 bridgehead atoms. The first-order chi connectivity index (χ1) is 15.0. The smallest absolute Gasteiger partial charge is 0.263 e. The number of nitrogens with zero attached hydrogens (tertiary/aromatic N) is 2. The minimum atomic E-state index is -0.122. The Labute approximate surface area is 190 Å². The summed E-state index contributed by atoms with van der Waals surface area (Å²) >= 11 is 2.86. The van der Waals surface area contributed by atoms with Crippen LogP contribution in [0.25, 0.3) is 10.2 Å². The molecule has 1 fully saturated rings. The maximum atomic E-state index is 13.5. The topological polar surface area (TPSA) is 73.2 Å². The molecule has 1 N–H and O–H groups in total. The van der Waals surface area contributed by atoms with Gasteiger partial charge < -0.3 is 10.1 Å². The quantitative estimate of drug-likeness (QED) is 0.416. The molecule has 1 saturated heterocycles. The van der Waals surface area contributed by atoms with Crippen LogP contribution in [0, 0.1) is 13.8 Å². The van der Waals surface area contributed by atoms with E-state index < -0.39 is 0 Å². The fraction of sp³-hybridized carbons (Fsp3) is 0.435. The van der Waals surface area contributed by atoms with Crippen LogP contribution >= 0.6 is 23.1 Å². The number of amides is 1. The largest absolute Gasteiger partial charge is 0.376 e. The van der Waals surface area contributed by atoms with E-state index in [1.165, 1.54) is 11.8 Å². The fourth-order valence-corrected chi connectivity index (χ4v) is 5.85. The Morgan fingerprint density at radius 1 is 1.32 bits per heavy atom. The number of benzene rings is 1. The number of thiophene rings is 1. The molecule has 1 aliphatic rings. The molecule has 0 aliphatic carbocycles. The maximum absolute atomic E-state index is 13.5. The first-order valence-electron chi connectivity index (χ1n) is 10.6. The lowest BCUT2D eigenvalue weighted by atomic mass is 10.1. The minimum absolute atomic E-state index is 0.0162. The molecule has 8 heteroatoms. The van der Waals surface area contributed by atoms with Crippen molar-refractivity contribution in [1.29, 1.82) is 0 Å². The Hall–Kier alpha value is -2.16. The molecule has 3 aromatic rings. The molecule has 1 aliphatic heterocycles. The number of aryl methyl sites for hydroxylation is 3. The van der Waals surface area contributed by atoms with Gasteiger partial charge in [-0.3, -0.25) is 14.2 Å². The Balaban J connectivity index is 1.61. The molecule has 1 aromatic carbocycles. The van der Waals surface area contributed by atoms with Gasteiger partial charge in [0.1, 0.15) is 4.83 Å². The number of thioether (sulfide) groups is 1. The van der Waals surface area contributed by atoms with Crippen molar-refractivity contribution in [2.45, 2.75) is 57.8 Å². The number of aromatic nitrogens is 2. The Morgan fingerprint density at radius 2 is 2.10 bits per heavy atom. The Kier molecular flexibility index (Phi) is 6.79. The van der Waals surface area contributed by atoms with E-state index in [9.17, 15) is 9.59 Å². The van der Waals surface area contributed by atoms with Crippen molar-refractivity contribution >= 4 is 44.9 Å². The number of nitrogens with one attached hydrogen (secondary N) is 1. The summed E-state index contributed by atoms with van der Waals surface area (Å²) in [6.07, 6.45) is 2.76. The SMILES string of the molecule is CCc1c(C)sc2nc(SCC(=O)Nc3ccc(C)cc3)n(CC3CCCO3)c(=O)c12. The van der Waals surface area contributed by atoms with Crippen molar-refractivity contribution < 1.29 is 9.53 Å². The van der Waals surface area contributed by atoms with Crippen LogP contribution in [0.1, 0.15) is 35.8 Å². The van der Waals surface area contributed by atoms with Crippen molar-refractivity contribution in [2.75, 3.05) is 17.7 Å². The van der Waals surface area contributed by atoms with Gasteiger partial charge in [0, 0.05) is 17.2 Å². The molecule has 6 nitrogen and oxygen atoms in total. The second-order valence-electron chi connectivity index (χ2n) is 7.82. The first kappa shape index (κ1) is 22.0. The second-order valence-corrected chi connectivity index (χ2v) is 9.96. The van der Waals surface area contributed by atoms with Gasteiger partial charge in [0.15, 0.2) is 5.16 Å². The highest BCUT2D eigenvalue weighted by Gasteiger charge is 2.23. The first-order valence-corrected chi connectivity index (χ1v) is 12.4. The van der Waals surface area contributed by atoms with E-state index in [0.29, 0.717) is 11.7 Å². The molecule has 0 saturated carbocycles. The van der Waals surface area contributed by atoms with Crippen LogP contribution in [-0.4, -0.2) is 33.9 Å². The van der Waals surface area contributed by atoms with Crippen LogP contribution in [0.4, 0.5) is 5.69 Å². The fourth-order valence-electron chi connectivity index (χ4n) is 3.88. The normalized spacial score (nSPS) is 16.2. The molecule has 1 amide bonds. The van der Waals surface area contributed by atoms with Crippen LogP contribution in [0.3, 0.4) is 0 Å². The monoisotopic (exact) mass is 457 g/mol. The van der Waals surface area contributed by atoms with Gasteiger partial charge in [0.2, 0.25) is 5.91 Å². The van der Waals surface area contributed by atoms with Gasteiger partial charge >= 0.3 is 0 Å². The molecular weight excluding hydrogens is 430 g/mol. The number of rotatable bonds is 7. The van der Waals surface area contributed by atoms with E-state index >= 15 is 0 Å². The highest BCUT2D eigenvalue weighted by Crippen LogP contribution is 2.30. The summed E-state index contributed by atoms with van der Waals surface area (Å²) in [6, 6.07) is 7.69. The molecular formula is C23H27N3O3S2. The van der Waals surface area contributed by atoms with Crippen molar-refractivity contribution in [2.24, 2.45) is 0 Å². The number of carbonyl (C=O) groups is 1. The van der Waals surface area contributed by atoms with Gasteiger partial charge in [-0.1, -0.05) is 36.4 Å². The average Bonchev–Trinajstić information content (AvgIpc) is 3.37. The number of anilines is 1. The molecule has 0 radical (unpaired) electrons. The van der Waals surface area contributed by atoms with Crippen molar-refractivity contribution in [1.82, 2.24) is 9.55 Å². The lowest BCUT2D eigenvalue weighted by molar-refractivity contribution is -0.113. The lowest BCUT2D eigenvalue weighted by Crippen LogP contribution is -2.29. The van der Waals surface area contributed by atoms with Gasteiger partial charge in [0.25, 0.3) is 5.56 Å². The summed E-state index contributed by atoms with van der Waals surface area (Å²) in [7, 11) is 0. The van der Waals surface area contributed by atoms with Crippen molar-refractivity contribution in [3.63, 3.8) is 0 Å². The molecule has 2 aromatic heterocycles. The zero-order valence-corrected chi connectivity index (χ0v) is 19.7. The number of hydrogen-bond acceptors (Lipinski definition) is 6. The zero-order valence-electron chi connectivity index (χ0n) is 18.1. The van der Waals surface area contributed by atoms with Gasteiger partial charge in [-0.2, -0.15) is 0 Å². The third-order valence-corrected chi connectivity index (χ3v) is 7.53. The number of ether oxygens (including phenoxy) is 1. The summed E-state index contributed by atoms with van der Waals surface area (Å²) in [4.78, 5) is 32.7. The molecule has 0 spiro atoms. The van der Waals surface area contributed by atoms with Gasteiger partial charge in [-0.05, 0) is 50.8 Å². The minimum Gasteiger partial charge on any atom is -0.376 e. The zero-order chi connectivity index (χ0) is 22.0. The molecule has 1 unspecified atom stereocenters. The van der Waals surface area contributed by atoms with Crippen LogP contribution in [0.15, 0.2) is 34.2 Å². The van der Waals surface area contributed by atoms with E-state index in [0.717, 1.165) is 57.8 Å². The highest BCUT2D eigenvalue weighted by molar-refractivity contribution is 7.99. The molecule has 1 atom stereocenters. The summed E-state index contributed by atoms with van der Waals surface area (Å²) in [5, 5.41) is 4.21. The number of carbonyl (C=O) groups excluding carboxylic acids is 1. The Morgan fingerprint density at radius 3 is 2.77 bits per heavy atom. The molecule has 3 heterocycles. The number of fused-ring (bicyclic) bond motifs is 1. The van der Waals surface area contributed by atoms with Gasteiger partial charge in [-0.15, -0.1) is 11.3 Å². The second kappa shape index (κ2) is 9.54. The van der Waals surface area contributed by atoms with Crippen LogP contribution in [0.5, 0.6) is 0 Å². The van der Waals surface area contributed by atoms with Crippen molar-refractivity contribution in [3.8, 4) is 0 Å². The standard InChI is InChI=1S/C23H27N3O3S2/c1-4-18-15(3)31-21-20(18)22(28)26(12-17-6-5-11-29-17)23(25-21)30-13-19(27)24-16-9-7-14(2)8-10-16/h7-10,17H,4-6,11-13H2,1-3H3,(H,24,27). The van der Waals surface area contributed by atoms with Gasteiger partial charge in [0.05, 0.1) is 23.8 Å². The summed E-state index contributed by atoms with van der Waals surface area (Å²) < 4.78 is 7.50. The summed E-state index contributed by atoms with van der Waals surface area (Å²) in [5.41, 5.74) is 2.95. The predicted molar refractivity (Wildman–Crippen MR) is 128 cm³/mol. The maximum Gasteiger partial charge on any atom is 0.263 e. The number of hydrogen-bond donors (Lipinski definition) is 1. The average molecular weight is 458 g/mol. The third-order valence-electron chi connectivity index (χ3n) is 5.51. The molecule has 164 valence electrons. The highest BCUT2D eigenvalue weighted by atomic mass is 32.2. The lowest BCUT2D eigenvalue weighted by Gasteiger charge is -2.16. The predicted octanol–water partition coefficient (Wildman–Crippen LogP) is 4.55. The van der Waals surface area contributed by atoms with E-state index in [2.05, 4.69) is 12.2 Å². The van der Waals surface area contributed by atoms with Crippen LogP contribution in [-0.2, 0) is 22.5 Å². The molecule has 31 heavy (non-hydrogen) atoms. The van der Waals surface area contributed by atoms with E-state index in [1.807, 2.05) is 38.1 Å². The van der Waals surface area contributed by atoms with E-state index in [1.54, 1.807) is 15.9 Å². The van der Waals surface area contributed by atoms with Crippen molar-refractivity contribution in [3.05, 3.63) is 50.6 Å². The van der Waals surface area contributed by atoms with E-state index in [4.69, 9.17) is 9.72 Å².